The third-order valence-electron chi connectivity index (χ3n) is 5.46. The number of rotatable bonds is 7. The van der Waals surface area contributed by atoms with Gasteiger partial charge in [-0.1, -0.05) is 0 Å². The Bertz CT molecular complexity index is 803. The number of hydrogen-bond acceptors (Lipinski definition) is 5. The van der Waals surface area contributed by atoms with E-state index < -0.39 is 0 Å². The van der Waals surface area contributed by atoms with Gasteiger partial charge >= 0.3 is 5.97 Å². The summed E-state index contributed by atoms with van der Waals surface area (Å²) in [6.07, 6.45) is 3.31. The minimum Gasteiger partial charge on any atom is -0.466 e. The third kappa shape index (κ3) is 5.58. The normalized spacial score (nSPS) is 18.5. The SMILES string of the molecule is CCOC(=O)C1CCCN(C(=O)CN(C)C(=O)c2ccc(NC(=O)C3CC3)cc2)C1. The molecule has 1 aromatic carbocycles. The maximum Gasteiger partial charge on any atom is 0.310 e. The van der Waals surface area contributed by atoms with Crippen molar-refractivity contribution in [3.8, 4) is 0 Å². The Morgan fingerprint density at radius 3 is 2.43 bits per heavy atom. The maximum atomic E-state index is 12.7. The molecule has 1 aliphatic carbocycles. The lowest BCUT2D eigenvalue weighted by Gasteiger charge is -2.32. The van der Waals surface area contributed by atoms with E-state index in [1.807, 2.05) is 0 Å². The van der Waals surface area contributed by atoms with Crippen LogP contribution in [-0.4, -0.2) is 66.8 Å². The largest absolute Gasteiger partial charge is 0.466 e. The van der Waals surface area contributed by atoms with Gasteiger partial charge in [-0.25, -0.2) is 0 Å². The van der Waals surface area contributed by atoms with Gasteiger partial charge in [0.15, 0.2) is 0 Å². The lowest BCUT2D eigenvalue weighted by atomic mass is 9.98. The average molecular weight is 415 g/mol. The second-order valence-electron chi connectivity index (χ2n) is 7.93. The molecule has 0 spiro atoms. The molecule has 0 radical (unpaired) electrons. The van der Waals surface area contributed by atoms with Crippen molar-refractivity contribution in [2.75, 3.05) is 38.6 Å². The van der Waals surface area contributed by atoms with Gasteiger partial charge < -0.3 is 19.9 Å². The van der Waals surface area contributed by atoms with Crippen molar-refractivity contribution in [1.29, 1.82) is 0 Å². The van der Waals surface area contributed by atoms with Gasteiger partial charge in [0.25, 0.3) is 5.91 Å². The van der Waals surface area contributed by atoms with Crippen LogP contribution in [0.2, 0.25) is 0 Å². The number of amides is 3. The highest BCUT2D eigenvalue weighted by Gasteiger charge is 2.31. The van der Waals surface area contributed by atoms with Crippen LogP contribution in [-0.2, 0) is 19.1 Å². The first-order valence-electron chi connectivity index (χ1n) is 10.5. The van der Waals surface area contributed by atoms with Crippen molar-refractivity contribution < 1.29 is 23.9 Å². The van der Waals surface area contributed by atoms with E-state index in [-0.39, 0.29) is 42.1 Å². The highest BCUT2D eigenvalue weighted by Crippen LogP contribution is 2.30. The molecule has 3 rings (SSSR count). The number of nitrogens with zero attached hydrogens (tertiary/aromatic N) is 2. The van der Waals surface area contributed by atoms with Gasteiger partial charge in [-0.15, -0.1) is 0 Å². The Morgan fingerprint density at radius 2 is 1.80 bits per heavy atom. The molecule has 1 aliphatic heterocycles. The highest BCUT2D eigenvalue weighted by molar-refractivity contribution is 5.98. The second kappa shape index (κ2) is 9.73. The topological polar surface area (TPSA) is 96.0 Å². The van der Waals surface area contributed by atoms with Gasteiger partial charge in [0, 0.05) is 37.3 Å². The fraction of sp³-hybridized carbons (Fsp3) is 0.545. The van der Waals surface area contributed by atoms with E-state index in [0.29, 0.717) is 37.4 Å². The van der Waals surface area contributed by atoms with Crippen LogP contribution in [0.15, 0.2) is 24.3 Å². The first-order chi connectivity index (χ1) is 14.4. The summed E-state index contributed by atoms with van der Waals surface area (Å²) < 4.78 is 5.07. The van der Waals surface area contributed by atoms with Crippen molar-refractivity contribution in [2.24, 2.45) is 11.8 Å². The van der Waals surface area contributed by atoms with Crippen LogP contribution in [0.25, 0.3) is 0 Å². The monoisotopic (exact) mass is 415 g/mol. The van der Waals surface area contributed by atoms with Crippen molar-refractivity contribution in [1.82, 2.24) is 9.80 Å². The Kier molecular flexibility index (Phi) is 7.07. The van der Waals surface area contributed by atoms with Crippen LogP contribution in [0, 0.1) is 11.8 Å². The molecule has 0 aromatic heterocycles. The van der Waals surface area contributed by atoms with E-state index in [1.165, 1.54) is 4.90 Å². The standard InChI is InChI=1S/C22H29N3O5/c1-3-30-22(29)17-5-4-12-25(13-17)19(26)14-24(2)21(28)16-8-10-18(11-9-16)23-20(27)15-6-7-15/h8-11,15,17H,3-7,12-14H2,1-2H3,(H,23,27). The molecule has 1 heterocycles. The number of likely N-dealkylation sites (tertiary alicyclic amines) is 1. The van der Waals surface area contributed by atoms with E-state index in [4.69, 9.17) is 4.74 Å². The molecule has 2 aliphatic rings. The average Bonchev–Trinajstić information content (AvgIpc) is 3.59. The van der Waals surface area contributed by atoms with Gasteiger partial charge in [-0.2, -0.15) is 0 Å². The van der Waals surface area contributed by atoms with E-state index in [1.54, 1.807) is 43.1 Å². The number of nitrogens with one attached hydrogen (secondary N) is 1. The summed E-state index contributed by atoms with van der Waals surface area (Å²) in [5.74, 6) is -0.910. The molecule has 30 heavy (non-hydrogen) atoms. The molecule has 1 saturated heterocycles. The van der Waals surface area contributed by atoms with Crippen LogP contribution in [0.4, 0.5) is 5.69 Å². The molecule has 2 fully saturated rings. The fourth-order valence-corrected chi connectivity index (χ4v) is 3.54. The van der Waals surface area contributed by atoms with Crippen LogP contribution in [0.1, 0.15) is 43.0 Å². The van der Waals surface area contributed by atoms with E-state index in [2.05, 4.69) is 5.32 Å². The number of esters is 1. The molecule has 1 unspecified atom stereocenters. The second-order valence-corrected chi connectivity index (χ2v) is 7.93. The molecule has 1 atom stereocenters. The summed E-state index contributed by atoms with van der Waals surface area (Å²) in [7, 11) is 1.58. The Labute approximate surface area is 176 Å². The zero-order chi connectivity index (χ0) is 21.7. The Balaban J connectivity index is 1.52. The molecule has 1 saturated carbocycles. The molecule has 8 nitrogen and oxygen atoms in total. The van der Waals surface area contributed by atoms with Crippen LogP contribution >= 0.6 is 0 Å². The zero-order valence-corrected chi connectivity index (χ0v) is 17.6. The van der Waals surface area contributed by atoms with Crippen molar-refractivity contribution in [2.45, 2.75) is 32.6 Å². The maximum absolute atomic E-state index is 12.7. The van der Waals surface area contributed by atoms with Crippen molar-refractivity contribution in [3.05, 3.63) is 29.8 Å². The number of benzene rings is 1. The Hall–Kier alpha value is -2.90. The summed E-state index contributed by atoms with van der Waals surface area (Å²) in [6, 6.07) is 6.67. The van der Waals surface area contributed by atoms with Gasteiger partial charge in [-0.3, -0.25) is 19.2 Å². The highest BCUT2D eigenvalue weighted by atomic mass is 16.5. The van der Waals surface area contributed by atoms with E-state index in [0.717, 1.165) is 19.3 Å². The van der Waals surface area contributed by atoms with E-state index >= 15 is 0 Å². The van der Waals surface area contributed by atoms with Gasteiger partial charge in [0.05, 0.1) is 19.1 Å². The summed E-state index contributed by atoms with van der Waals surface area (Å²) in [5.41, 5.74) is 1.10. The van der Waals surface area contributed by atoms with Gasteiger partial charge in [0.2, 0.25) is 11.8 Å². The minimum absolute atomic E-state index is 0.0134. The number of hydrogen-bond donors (Lipinski definition) is 1. The van der Waals surface area contributed by atoms with Crippen LogP contribution in [0.5, 0.6) is 0 Å². The van der Waals surface area contributed by atoms with Gasteiger partial charge in [0.1, 0.15) is 0 Å². The van der Waals surface area contributed by atoms with Crippen LogP contribution < -0.4 is 5.32 Å². The molecule has 162 valence electrons. The summed E-state index contributed by atoms with van der Waals surface area (Å²) in [5, 5.41) is 2.83. The van der Waals surface area contributed by atoms with Gasteiger partial charge in [-0.05, 0) is 56.9 Å². The zero-order valence-electron chi connectivity index (χ0n) is 17.6. The predicted octanol–water partition coefficient (Wildman–Crippen LogP) is 1.91. The minimum atomic E-state index is -0.304. The first kappa shape index (κ1) is 21.8. The molecular formula is C22H29N3O5. The molecule has 1 aromatic rings. The number of anilines is 1. The molecule has 3 amide bonds. The molecule has 0 bridgehead atoms. The van der Waals surface area contributed by atoms with Crippen molar-refractivity contribution >= 4 is 29.4 Å². The summed E-state index contributed by atoms with van der Waals surface area (Å²) in [4.78, 5) is 52.1. The number of carbonyl (C=O) groups is 4. The smallest absolute Gasteiger partial charge is 0.310 e. The van der Waals surface area contributed by atoms with E-state index in [9.17, 15) is 19.2 Å². The first-order valence-corrected chi connectivity index (χ1v) is 10.5. The molecular weight excluding hydrogens is 386 g/mol. The summed E-state index contributed by atoms with van der Waals surface area (Å²) >= 11 is 0. The lowest BCUT2D eigenvalue weighted by molar-refractivity contribution is -0.151. The number of piperidine rings is 1. The third-order valence-corrected chi connectivity index (χ3v) is 5.46. The van der Waals surface area contributed by atoms with Crippen molar-refractivity contribution in [3.63, 3.8) is 0 Å². The Morgan fingerprint density at radius 1 is 1.10 bits per heavy atom. The molecule has 8 heteroatoms. The molecule has 1 N–H and O–H groups in total. The number of ether oxygens (including phenoxy) is 1. The fourth-order valence-electron chi connectivity index (χ4n) is 3.54. The number of carbonyl (C=O) groups excluding carboxylic acids is 4. The predicted molar refractivity (Wildman–Crippen MR) is 111 cm³/mol. The summed E-state index contributed by atoms with van der Waals surface area (Å²) in [6.45, 7) is 2.93. The quantitative estimate of drug-likeness (QED) is 0.687. The number of likely N-dealkylation sites (N-methyl/N-ethyl adjacent to an activating group) is 1. The van der Waals surface area contributed by atoms with Crippen LogP contribution in [0.3, 0.4) is 0 Å². The lowest BCUT2D eigenvalue weighted by Crippen LogP contribution is -2.47.